The van der Waals surface area contributed by atoms with E-state index in [4.69, 9.17) is 16.3 Å². The fourth-order valence-electron chi connectivity index (χ4n) is 2.14. The average Bonchev–Trinajstić information content (AvgIpc) is 2.97. The Morgan fingerprint density at radius 1 is 1.42 bits per heavy atom. The molecule has 3 aromatic rings. The van der Waals surface area contributed by atoms with Crippen LogP contribution in [0.4, 0.5) is 0 Å². The lowest BCUT2D eigenvalue weighted by Crippen LogP contribution is -1.89. The smallest absolute Gasteiger partial charge is 0.194 e. The maximum Gasteiger partial charge on any atom is 0.194 e. The maximum absolute atomic E-state index is 5.83. The molecule has 2 heterocycles. The van der Waals surface area contributed by atoms with Gasteiger partial charge in [-0.1, -0.05) is 0 Å². The summed E-state index contributed by atoms with van der Waals surface area (Å²) in [7, 11) is 1.69. The second kappa shape index (κ2) is 4.87. The van der Waals surface area contributed by atoms with E-state index in [9.17, 15) is 0 Å². The van der Waals surface area contributed by atoms with Gasteiger partial charge in [0, 0.05) is 11.6 Å². The van der Waals surface area contributed by atoms with Crippen LogP contribution in [0.5, 0.6) is 5.75 Å². The van der Waals surface area contributed by atoms with Crippen LogP contribution >= 0.6 is 22.9 Å². The Hall–Kier alpha value is -1.52. The molecule has 0 radical (unpaired) electrons. The third-order valence-electron chi connectivity index (χ3n) is 3.09. The predicted octanol–water partition coefficient (Wildman–Crippen LogP) is 4.12. The molecule has 0 aliphatic rings. The molecule has 2 aromatic heterocycles. The summed E-state index contributed by atoms with van der Waals surface area (Å²) in [5, 5.41) is 2.11. The number of fused-ring (bicyclic) bond motifs is 1. The molecule has 0 bridgehead atoms. The zero-order chi connectivity index (χ0) is 13.4. The lowest BCUT2D eigenvalue weighted by Gasteiger charge is -2.06. The number of hydrogen-bond acceptors (Lipinski definition) is 3. The van der Waals surface area contributed by atoms with Gasteiger partial charge in [0.25, 0.3) is 0 Å². The molecule has 0 spiro atoms. The summed E-state index contributed by atoms with van der Waals surface area (Å²) in [5.74, 6) is 1.34. The second-order valence-corrected chi connectivity index (χ2v) is 5.43. The van der Waals surface area contributed by atoms with E-state index in [0.29, 0.717) is 5.88 Å². The van der Waals surface area contributed by atoms with Crippen molar-refractivity contribution in [2.45, 2.75) is 12.8 Å². The first-order chi connectivity index (χ1) is 9.22. The van der Waals surface area contributed by atoms with Gasteiger partial charge in [0.05, 0.1) is 24.4 Å². The first-order valence-corrected chi connectivity index (χ1v) is 7.31. The largest absolute Gasteiger partial charge is 0.496 e. The summed E-state index contributed by atoms with van der Waals surface area (Å²) in [4.78, 5) is 5.43. The predicted molar refractivity (Wildman–Crippen MR) is 79.4 cm³/mol. The molecule has 0 N–H and O–H groups in total. The molecule has 0 atom stereocenters. The van der Waals surface area contributed by atoms with Gasteiger partial charge in [-0.2, -0.15) is 0 Å². The van der Waals surface area contributed by atoms with Crippen molar-refractivity contribution in [3.63, 3.8) is 0 Å². The van der Waals surface area contributed by atoms with Gasteiger partial charge >= 0.3 is 0 Å². The van der Waals surface area contributed by atoms with Crippen LogP contribution in [0.1, 0.15) is 11.3 Å². The van der Waals surface area contributed by atoms with Crippen LogP contribution in [0.2, 0.25) is 0 Å². The molecule has 0 amide bonds. The molecule has 0 saturated carbocycles. The molecule has 3 rings (SSSR count). The molecule has 0 unspecified atom stereocenters. The van der Waals surface area contributed by atoms with Crippen LogP contribution in [0.3, 0.4) is 0 Å². The van der Waals surface area contributed by atoms with Crippen LogP contribution in [0.15, 0.2) is 29.8 Å². The first kappa shape index (κ1) is 12.5. The number of alkyl halides is 1. The van der Waals surface area contributed by atoms with Crippen molar-refractivity contribution in [2.75, 3.05) is 7.11 Å². The Morgan fingerprint density at radius 3 is 2.95 bits per heavy atom. The summed E-state index contributed by atoms with van der Waals surface area (Å²) in [6.45, 7) is 2.05. The number of imidazole rings is 1. The van der Waals surface area contributed by atoms with Crippen LogP contribution in [0, 0.1) is 6.92 Å². The second-order valence-electron chi connectivity index (χ2n) is 4.32. The number of thiazole rings is 1. The molecule has 19 heavy (non-hydrogen) atoms. The highest BCUT2D eigenvalue weighted by Gasteiger charge is 2.10. The fraction of sp³-hybridized carbons (Fsp3) is 0.214. The van der Waals surface area contributed by atoms with Crippen LogP contribution in [-0.2, 0) is 5.88 Å². The van der Waals surface area contributed by atoms with Crippen LogP contribution < -0.4 is 4.74 Å². The summed E-state index contributed by atoms with van der Waals surface area (Å²) in [6, 6.07) is 6.18. The topological polar surface area (TPSA) is 26.5 Å². The molecule has 0 fully saturated rings. The van der Waals surface area contributed by atoms with E-state index in [1.54, 1.807) is 18.4 Å². The number of aromatic nitrogens is 2. The van der Waals surface area contributed by atoms with E-state index < -0.39 is 0 Å². The number of benzene rings is 1. The van der Waals surface area contributed by atoms with E-state index in [2.05, 4.69) is 26.9 Å². The molecule has 98 valence electrons. The Morgan fingerprint density at radius 2 is 2.26 bits per heavy atom. The molecule has 5 heteroatoms. The number of hydrogen-bond donors (Lipinski definition) is 0. The van der Waals surface area contributed by atoms with E-state index in [-0.39, 0.29) is 0 Å². The Labute approximate surface area is 120 Å². The van der Waals surface area contributed by atoms with Crippen LogP contribution in [0.25, 0.3) is 16.2 Å². The van der Waals surface area contributed by atoms with Crippen molar-refractivity contribution in [3.05, 3.63) is 41.0 Å². The lowest BCUT2D eigenvalue weighted by atomic mass is 10.1. The Balaban J connectivity index is 2.13. The third-order valence-corrected chi connectivity index (χ3v) is 4.20. The molecule has 1 aromatic carbocycles. The molecular formula is C14H13ClN2OS. The van der Waals surface area contributed by atoms with E-state index in [0.717, 1.165) is 33.2 Å². The highest BCUT2D eigenvalue weighted by Crippen LogP contribution is 2.30. The first-order valence-electron chi connectivity index (χ1n) is 5.89. The van der Waals surface area contributed by atoms with Gasteiger partial charge in [0.2, 0.25) is 0 Å². The van der Waals surface area contributed by atoms with E-state index >= 15 is 0 Å². The number of nitrogens with zero attached hydrogens (tertiary/aromatic N) is 2. The van der Waals surface area contributed by atoms with Gasteiger partial charge in [0.15, 0.2) is 4.96 Å². The Kier molecular flexibility index (Phi) is 3.21. The minimum Gasteiger partial charge on any atom is -0.496 e. The maximum atomic E-state index is 5.83. The SMILES string of the molecule is COc1ccc(-c2csc3nc(CCl)cn23)cc1C. The van der Waals surface area contributed by atoms with Gasteiger partial charge in [-0.15, -0.1) is 22.9 Å². The summed E-state index contributed by atoms with van der Waals surface area (Å²) in [6.07, 6.45) is 1.99. The molecule has 3 nitrogen and oxygen atoms in total. The van der Waals surface area contributed by atoms with E-state index in [1.807, 2.05) is 19.2 Å². The normalized spacial score (nSPS) is 11.1. The minimum absolute atomic E-state index is 0.440. The molecule has 0 aliphatic carbocycles. The van der Waals surface area contributed by atoms with Gasteiger partial charge < -0.3 is 4.74 Å². The molecule has 0 aliphatic heterocycles. The summed E-state index contributed by atoms with van der Waals surface area (Å²) < 4.78 is 7.38. The average molecular weight is 293 g/mol. The fourth-order valence-corrected chi connectivity index (χ4v) is 3.17. The van der Waals surface area contributed by atoms with Gasteiger partial charge in [-0.25, -0.2) is 4.98 Å². The highest BCUT2D eigenvalue weighted by molar-refractivity contribution is 7.15. The highest BCUT2D eigenvalue weighted by atomic mass is 35.5. The van der Waals surface area contributed by atoms with Crippen molar-refractivity contribution < 1.29 is 4.74 Å². The van der Waals surface area contributed by atoms with Gasteiger partial charge in [-0.05, 0) is 36.2 Å². The number of halogens is 1. The van der Waals surface area contributed by atoms with Gasteiger partial charge in [-0.3, -0.25) is 4.40 Å². The number of ether oxygens (including phenoxy) is 1. The standard InChI is InChI=1S/C14H13ClN2OS/c1-9-5-10(3-4-13(9)18-2)12-8-19-14-16-11(6-15)7-17(12)14/h3-5,7-8H,6H2,1-2H3. The quantitative estimate of drug-likeness (QED) is 0.679. The van der Waals surface area contributed by atoms with Crippen molar-refractivity contribution in [2.24, 2.45) is 0 Å². The minimum atomic E-state index is 0.440. The number of methoxy groups -OCH3 is 1. The Bertz CT molecular complexity index is 732. The lowest BCUT2D eigenvalue weighted by molar-refractivity contribution is 0.412. The monoisotopic (exact) mass is 292 g/mol. The number of aryl methyl sites for hydroxylation is 1. The van der Waals surface area contributed by atoms with E-state index in [1.165, 1.54) is 0 Å². The number of rotatable bonds is 3. The van der Waals surface area contributed by atoms with Crippen LogP contribution in [-0.4, -0.2) is 16.5 Å². The zero-order valence-electron chi connectivity index (χ0n) is 10.7. The van der Waals surface area contributed by atoms with Gasteiger partial charge in [0.1, 0.15) is 5.75 Å². The van der Waals surface area contributed by atoms with Crippen molar-refractivity contribution >= 4 is 27.9 Å². The summed E-state index contributed by atoms with van der Waals surface area (Å²) in [5.41, 5.74) is 4.31. The third kappa shape index (κ3) is 2.11. The van der Waals surface area contributed by atoms with Crippen molar-refractivity contribution in [1.82, 2.24) is 9.38 Å². The molecule has 0 saturated heterocycles. The summed E-state index contributed by atoms with van der Waals surface area (Å²) >= 11 is 7.45. The van der Waals surface area contributed by atoms with Crippen molar-refractivity contribution in [1.29, 1.82) is 0 Å². The van der Waals surface area contributed by atoms with Crippen molar-refractivity contribution in [3.8, 4) is 17.0 Å². The zero-order valence-corrected chi connectivity index (χ0v) is 12.3. The molecular weight excluding hydrogens is 280 g/mol.